The molecule has 0 aromatic rings. The van der Waals surface area contributed by atoms with Crippen LogP contribution in [0.2, 0.25) is 0 Å². The van der Waals surface area contributed by atoms with Crippen molar-refractivity contribution in [3.05, 3.63) is 0 Å². The molecule has 1 unspecified atom stereocenters. The Morgan fingerprint density at radius 2 is 1.83 bits per heavy atom. The summed E-state index contributed by atoms with van der Waals surface area (Å²) in [5, 5.41) is 0. The molecule has 1 atom stereocenters. The highest BCUT2D eigenvalue weighted by Crippen LogP contribution is 2.43. The van der Waals surface area contributed by atoms with Crippen LogP contribution in [0.15, 0.2) is 0 Å². The van der Waals surface area contributed by atoms with Gasteiger partial charge in [-0.25, -0.2) is 4.39 Å². The fourth-order valence-electron chi connectivity index (χ4n) is 4.02. The monoisotopic (exact) mass is 339 g/mol. The van der Waals surface area contributed by atoms with Crippen LogP contribution in [0.3, 0.4) is 0 Å². The van der Waals surface area contributed by atoms with E-state index >= 15 is 0 Å². The van der Waals surface area contributed by atoms with Gasteiger partial charge < -0.3 is 14.7 Å². The highest BCUT2D eigenvalue weighted by atomic mass is 19.1. The standard InChI is InChI=1S/C17H26FN3O3/c1-19(2)13(22)11-20-10-8-16(14(20)23)5-4-9-21(12-16)15(24)17(18)6-3-7-17/h3-12H2,1-2H3. The van der Waals surface area contributed by atoms with Crippen molar-refractivity contribution in [3.63, 3.8) is 0 Å². The lowest BCUT2D eigenvalue weighted by molar-refractivity contribution is -0.156. The van der Waals surface area contributed by atoms with Crippen molar-refractivity contribution in [3.8, 4) is 0 Å². The number of carbonyl (C=O) groups is 3. The molecule has 0 aromatic carbocycles. The number of hydrogen-bond acceptors (Lipinski definition) is 3. The molecule has 3 rings (SSSR count). The summed E-state index contributed by atoms with van der Waals surface area (Å²) < 4.78 is 14.5. The maximum absolute atomic E-state index is 14.5. The van der Waals surface area contributed by atoms with E-state index in [0.29, 0.717) is 51.7 Å². The molecule has 3 aliphatic rings. The summed E-state index contributed by atoms with van der Waals surface area (Å²) in [4.78, 5) is 41.8. The first-order valence-corrected chi connectivity index (χ1v) is 8.75. The van der Waals surface area contributed by atoms with Crippen LogP contribution in [0.1, 0.15) is 38.5 Å². The first-order chi connectivity index (χ1) is 11.3. The summed E-state index contributed by atoms with van der Waals surface area (Å²) >= 11 is 0. The number of carbonyl (C=O) groups excluding carboxylic acids is 3. The molecule has 1 aliphatic carbocycles. The second-order valence-corrected chi connectivity index (χ2v) is 7.69. The van der Waals surface area contributed by atoms with E-state index in [4.69, 9.17) is 0 Å². The molecule has 134 valence electrons. The van der Waals surface area contributed by atoms with Crippen molar-refractivity contribution in [2.75, 3.05) is 40.3 Å². The average Bonchev–Trinajstić information content (AvgIpc) is 2.81. The van der Waals surface area contributed by atoms with Crippen LogP contribution in [-0.2, 0) is 14.4 Å². The molecule has 6 nitrogen and oxygen atoms in total. The van der Waals surface area contributed by atoms with E-state index in [-0.39, 0.29) is 18.4 Å². The lowest BCUT2D eigenvalue weighted by Crippen LogP contribution is -2.56. The van der Waals surface area contributed by atoms with Crippen LogP contribution >= 0.6 is 0 Å². The lowest BCUT2D eigenvalue weighted by atomic mass is 9.76. The van der Waals surface area contributed by atoms with Crippen molar-refractivity contribution in [1.82, 2.24) is 14.7 Å². The van der Waals surface area contributed by atoms with Crippen LogP contribution in [0.4, 0.5) is 4.39 Å². The van der Waals surface area contributed by atoms with E-state index in [9.17, 15) is 18.8 Å². The van der Waals surface area contributed by atoms with Crippen molar-refractivity contribution < 1.29 is 18.8 Å². The van der Waals surface area contributed by atoms with Crippen LogP contribution in [0, 0.1) is 5.41 Å². The van der Waals surface area contributed by atoms with Crippen molar-refractivity contribution in [2.24, 2.45) is 5.41 Å². The third kappa shape index (κ3) is 2.78. The van der Waals surface area contributed by atoms with E-state index in [1.54, 1.807) is 23.9 Å². The molecule has 2 saturated heterocycles. The number of rotatable bonds is 3. The van der Waals surface area contributed by atoms with E-state index in [0.717, 1.165) is 6.42 Å². The van der Waals surface area contributed by atoms with Gasteiger partial charge in [0.2, 0.25) is 11.8 Å². The minimum atomic E-state index is -1.71. The van der Waals surface area contributed by atoms with Gasteiger partial charge in [-0.05, 0) is 38.5 Å². The van der Waals surface area contributed by atoms with Gasteiger partial charge in [0, 0.05) is 33.7 Å². The Morgan fingerprint density at radius 3 is 2.42 bits per heavy atom. The van der Waals surface area contributed by atoms with Gasteiger partial charge in [-0.1, -0.05) is 0 Å². The van der Waals surface area contributed by atoms with E-state index in [2.05, 4.69) is 0 Å². The SMILES string of the molecule is CN(C)C(=O)CN1CCC2(CCCN(C(=O)C3(F)CCC3)C2)C1=O. The zero-order valence-electron chi connectivity index (χ0n) is 14.5. The van der Waals surface area contributed by atoms with Gasteiger partial charge in [0.15, 0.2) is 5.67 Å². The molecule has 3 fully saturated rings. The number of likely N-dealkylation sites (tertiary alicyclic amines) is 2. The summed E-state index contributed by atoms with van der Waals surface area (Å²) in [6.45, 7) is 1.43. The van der Waals surface area contributed by atoms with Gasteiger partial charge in [0.1, 0.15) is 0 Å². The minimum absolute atomic E-state index is 0.0586. The largest absolute Gasteiger partial charge is 0.347 e. The highest BCUT2D eigenvalue weighted by Gasteiger charge is 2.53. The molecule has 1 spiro atoms. The Kier molecular flexibility index (Phi) is 4.30. The van der Waals surface area contributed by atoms with E-state index in [1.165, 1.54) is 4.90 Å². The van der Waals surface area contributed by atoms with Crippen LogP contribution in [0.25, 0.3) is 0 Å². The molecule has 0 radical (unpaired) electrons. The number of piperidine rings is 1. The summed E-state index contributed by atoms with van der Waals surface area (Å²) in [7, 11) is 3.33. The molecule has 0 aromatic heterocycles. The lowest BCUT2D eigenvalue weighted by Gasteiger charge is -2.43. The molecule has 2 heterocycles. The second kappa shape index (κ2) is 6.01. The van der Waals surface area contributed by atoms with Crippen molar-refractivity contribution in [1.29, 1.82) is 0 Å². The predicted octanol–water partition coefficient (Wildman–Crippen LogP) is 0.808. The zero-order valence-corrected chi connectivity index (χ0v) is 14.5. The van der Waals surface area contributed by atoms with Crippen molar-refractivity contribution >= 4 is 17.7 Å². The topological polar surface area (TPSA) is 60.9 Å². The number of alkyl halides is 1. The van der Waals surface area contributed by atoms with Gasteiger partial charge >= 0.3 is 0 Å². The van der Waals surface area contributed by atoms with Crippen LogP contribution < -0.4 is 0 Å². The number of hydrogen-bond donors (Lipinski definition) is 0. The minimum Gasteiger partial charge on any atom is -0.347 e. The molecular formula is C17H26FN3O3. The van der Waals surface area contributed by atoms with Crippen molar-refractivity contribution in [2.45, 2.75) is 44.2 Å². The maximum atomic E-state index is 14.5. The molecule has 3 amide bonds. The average molecular weight is 339 g/mol. The smallest absolute Gasteiger partial charge is 0.260 e. The number of amides is 3. The van der Waals surface area contributed by atoms with Crippen LogP contribution in [-0.4, -0.2) is 78.4 Å². The van der Waals surface area contributed by atoms with E-state index < -0.39 is 17.0 Å². The Bertz CT molecular complexity index is 561. The molecule has 0 bridgehead atoms. The van der Waals surface area contributed by atoms with Gasteiger partial charge in [0.05, 0.1) is 12.0 Å². The summed E-state index contributed by atoms with van der Waals surface area (Å²) in [6, 6.07) is 0. The fourth-order valence-corrected chi connectivity index (χ4v) is 4.02. The Morgan fingerprint density at radius 1 is 1.12 bits per heavy atom. The number of nitrogens with zero attached hydrogens (tertiary/aromatic N) is 3. The predicted molar refractivity (Wildman–Crippen MR) is 85.8 cm³/mol. The second-order valence-electron chi connectivity index (χ2n) is 7.69. The summed E-state index contributed by atoms with van der Waals surface area (Å²) in [5.74, 6) is -0.610. The molecule has 24 heavy (non-hydrogen) atoms. The number of halogens is 1. The Hall–Kier alpha value is -1.66. The van der Waals surface area contributed by atoms with Gasteiger partial charge in [-0.15, -0.1) is 0 Å². The molecule has 2 aliphatic heterocycles. The van der Waals surface area contributed by atoms with Gasteiger partial charge in [0.25, 0.3) is 5.91 Å². The van der Waals surface area contributed by atoms with E-state index in [1.807, 2.05) is 0 Å². The fraction of sp³-hybridized carbons (Fsp3) is 0.824. The molecule has 0 N–H and O–H groups in total. The normalized spacial score (nSPS) is 28.9. The maximum Gasteiger partial charge on any atom is 0.260 e. The molecule has 1 saturated carbocycles. The Labute approximate surface area is 141 Å². The highest BCUT2D eigenvalue weighted by molar-refractivity contribution is 5.91. The third-order valence-corrected chi connectivity index (χ3v) is 5.82. The first-order valence-electron chi connectivity index (χ1n) is 8.75. The number of likely N-dealkylation sites (N-methyl/N-ethyl adjacent to an activating group) is 1. The molecular weight excluding hydrogens is 313 g/mol. The van der Waals surface area contributed by atoms with Crippen LogP contribution in [0.5, 0.6) is 0 Å². The zero-order chi connectivity index (χ0) is 17.5. The van der Waals surface area contributed by atoms with Gasteiger partial charge in [-0.2, -0.15) is 0 Å². The molecule has 7 heteroatoms. The third-order valence-electron chi connectivity index (χ3n) is 5.82. The van der Waals surface area contributed by atoms with Gasteiger partial charge in [-0.3, -0.25) is 14.4 Å². The summed E-state index contributed by atoms with van der Waals surface area (Å²) in [6.07, 6.45) is 3.40. The first kappa shape index (κ1) is 17.2. The summed E-state index contributed by atoms with van der Waals surface area (Å²) in [5.41, 5.74) is -2.33. The quantitative estimate of drug-likeness (QED) is 0.764. The Balaban J connectivity index is 1.68.